The number of benzene rings is 1. The van der Waals surface area contributed by atoms with E-state index >= 15 is 0 Å². The molecule has 0 aliphatic carbocycles. The smallest absolute Gasteiger partial charge is 0.410 e. The summed E-state index contributed by atoms with van der Waals surface area (Å²) in [5.41, 5.74) is 3.28. The number of amides is 1. The van der Waals surface area contributed by atoms with Gasteiger partial charge in [-0.3, -0.25) is 4.68 Å². The number of carbonyl (C=O) groups is 1. The summed E-state index contributed by atoms with van der Waals surface area (Å²) in [5.74, 6) is 0.447. The molecule has 1 aromatic carbocycles. The number of anilines is 3. The molecular formula is C28H34N8O3. The van der Waals surface area contributed by atoms with Crippen LogP contribution in [0.4, 0.5) is 22.1 Å². The lowest BCUT2D eigenvalue weighted by Crippen LogP contribution is -2.36. The Hall–Kier alpha value is -4.17. The maximum absolute atomic E-state index is 12.4. The molecule has 0 bridgehead atoms. The topological polar surface area (TPSA) is 130 Å². The van der Waals surface area contributed by atoms with Gasteiger partial charge < -0.3 is 25.0 Å². The van der Waals surface area contributed by atoms with Gasteiger partial charge in [-0.15, -0.1) is 0 Å². The number of rotatable bonds is 6. The van der Waals surface area contributed by atoms with Crippen LogP contribution in [0.2, 0.25) is 0 Å². The SMILES string of the molecule is CC(C)(C)OC(=O)N1CC[C@@H](Nc2cc(Nc3ncc(-c4cnn(C5CCOCC5)c4)cn3)ccc2C#N)C1. The van der Waals surface area contributed by atoms with Gasteiger partial charge in [0, 0.05) is 67.7 Å². The molecule has 2 fully saturated rings. The molecule has 3 aromatic rings. The van der Waals surface area contributed by atoms with Gasteiger partial charge in [0.25, 0.3) is 0 Å². The quantitative estimate of drug-likeness (QED) is 0.464. The van der Waals surface area contributed by atoms with E-state index in [1.807, 2.05) is 50.0 Å². The molecule has 0 radical (unpaired) electrons. The van der Waals surface area contributed by atoms with E-state index in [2.05, 4.69) is 31.8 Å². The number of nitrogens with one attached hydrogen (secondary N) is 2. The number of carbonyl (C=O) groups excluding carboxylic acids is 1. The lowest BCUT2D eigenvalue weighted by Gasteiger charge is -2.24. The summed E-state index contributed by atoms with van der Waals surface area (Å²) in [6.45, 7) is 8.20. The minimum absolute atomic E-state index is 0.0115. The minimum Gasteiger partial charge on any atom is -0.444 e. The van der Waals surface area contributed by atoms with E-state index in [4.69, 9.17) is 9.47 Å². The maximum atomic E-state index is 12.4. The zero-order chi connectivity index (χ0) is 27.4. The summed E-state index contributed by atoms with van der Waals surface area (Å²) in [4.78, 5) is 23.1. The molecule has 1 atom stereocenters. The molecule has 39 heavy (non-hydrogen) atoms. The third-order valence-electron chi connectivity index (χ3n) is 6.75. The number of hydrogen-bond acceptors (Lipinski definition) is 9. The van der Waals surface area contributed by atoms with Crippen molar-refractivity contribution < 1.29 is 14.3 Å². The summed E-state index contributed by atoms with van der Waals surface area (Å²) in [6.07, 6.45) is 9.78. The van der Waals surface area contributed by atoms with Crippen LogP contribution in [0, 0.1) is 11.3 Å². The van der Waals surface area contributed by atoms with Crippen LogP contribution in [0.15, 0.2) is 43.0 Å². The third-order valence-corrected chi connectivity index (χ3v) is 6.75. The van der Waals surface area contributed by atoms with Crippen LogP contribution in [0.1, 0.15) is 51.6 Å². The third kappa shape index (κ3) is 6.64. The van der Waals surface area contributed by atoms with E-state index in [1.54, 1.807) is 23.4 Å². The van der Waals surface area contributed by atoms with E-state index < -0.39 is 5.60 Å². The number of aromatic nitrogens is 4. The number of ether oxygens (including phenoxy) is 2. The van der Waals surface area contributed by atoms with Gasteiger partial charge >= 0.3 is 6.09 Å². The van der Waals surface area contributed by atoms with Crippen molar-refractivity contribution in [2.75, 3.05) is 36.9 Å². The second kappa shape index (κ2) is 11.3. The first kappa shape index (κ1) is 26.4. The summed E-state index contributed by atoms with van der Waals surface area (Å²) in [7, 11) is 0. The highest BCUT2D eigenvalue weighted by Gasteiger charge is 2.30. The normalized spacial score (nSPS) is 18.0. The lowest BCUT2D eigenvalue weighted by molar-refractivity contribution is 0.0293. The Morgan fingerprint density at radius 3 is 2.62 bits per heavy atom. The monoisotopic (exact) mass is 530 g/mol. The molecule has 2 saturated heterocycles. The Morgan fingerprint density at radius 1 is 1.13 bits per heavy atom. The molecule has 0 saturated carbocycles. The van der Waals surface area contributed by atoms with Crippen molar-refractivity contribution >= 4 is 23.4 Å². The maximum Gasteiger partial charge on any atom is 0.410 e. The zero-order valence-electron chi connectivity index (χ0n) is 22.6. The Balaban J connectivity index is 1.22. The zero-order valence-corrected chi connectivity index (χ0v) is 22.6. The van der Waals surface area contributed by atoms with Gasteiger partial charge in [0.1, 0.15) is 11.7 Å². The Morgan fingerprint density at radius 2 is 1.90 bits per heavy atom. The molecular weight excluding hydrogens is 496 g/mol. The van der Waals surface area contributed by atoms with Crippen LogP contribution in [0.25, 0.3) is 11.1 Å². The number of nitriles is 1. The molecule has 5 rings (SSSR count). The summed E-state index contributed by atoms with van der Waals surface area (Å²) >= 11 is 0. The summed E-state index contributed by atoms with van der Waals surface area (Å²) in [6, 6.07) is 8.05. The van der Waals surface area contributed by atoms with E-state index in [-0.39, 0.29) is 12.1 Å². The van der Waals surface area contributed by atoms with Crippen molar-refractivity contribution in [3.05, 3.63) is 48.5 Å². The Labute approximate surface area is 228 Å². The number of likely N-dealkylation sites (tertiary alicyclic amines) is 1. The van der Waals surface area contributed by atoms with Crippen molar-refractivity contribution in [1.82, 2.24) is 24.6 Å². The first-order valence-corrected chi connectivity index (χ1v) is 13.3. The van der Waals surface area contributed by atoms with Crippen LogP contribution in [0.5, 0.6) is 0 Å². The van der Waals surface area contributed by atoms with Crippen molar-refractivity contribution in [3.8, 4) is 17.2 Å². The van der Waals surface area contributed by atoms with Gasteiger partial charge in [0.15, 0.2) is 0 Å². The van der Waals surface area contributed by atoms with Crippen LogP contribution in [0.3, 0.4) is 0 Å². The lowest BCUT2D eigenvalue weighted by atomic mass is 10.1. The fourth-order valence-corrected chi connectivity index (χ4v) is 4.74. The predicted molar refractivity (Wildman–Crippen MR) is 147 cm³/mol. The Kier molecular flexibility index (Phi) is 7.65. The molecule has 1 amide bonds. The standard InChI is InChI=1S/C28H34N8O3/c1-28(2,3)39-27(37)35-9-6-23(18-35)33-25-12-22(5-4-19(25)13-29)34-26-30-14-20(15-31-26)21-16-32-36(17-21)24-7-10-38-11-8-24/h4-5,12,14-17,23-24,33H,6-11,18H2,1-3H3,(H,30,31,34)/t23-/m1/s1. The average molecular weight is 531 g/mol. The van der Waals surface area contributed by atoms with Crippen molar-refractivity contribution in [1.29, 1.82) is 5.26 Å². The molecule has 2 N–H and O–H groups in total. The molecule has 11 nitrogen and oxygen atoms in total. The van der Waals surface area contributed by atoms with Gasteiger partial charge in [-0.2, -0.15) is 10.4 Å². The van der Waals surface area contributed by atoms with E-state index in [0.29, 0.717) is 36.3 Å². The van der Waals surface area contributed by atoms with Gasteiger partial charge in [-0.1, -0.05) is 0 Å². The number of hydrogen-bond donors (Lipinski definition) is 2. The summed E-state index contributed by atoms with van der Waals surface area (Å²) in [5, 5.41) is 20.8. The molecule has 204 valence electrons. The largest absolute Gasteiger partial charge is 0.444 e. The fourth-order valence-electron chi connectivity index (χ4n) is 4.74. The van der Waals surface area contributed by atoms with Crippen molar-refractivity contribution in [3.63, 3.8) is 0 Å². The molecule has 2 aromatic heterocycles. The predicted octanol–water partition coefficient (Wildman–Crippen LogP) is 4.73. The highest BCUT2D eigenvalue weighted by Crippen LogP contribution is 2.27. The van der Waals surface area contributed by atoms with Crippen LogP contribution >= 0.6 is 0 Å². The van der Waals surface area contributed by atoms with Crippen molar-refractivity contribution in [2.24, 2.45) is 0 Å². The first-order valence-electron chi connectivity index (χ1n) is 13.3. The summed E-state index contributed by atoms with van der Waals surface area (Å²) < 4.78 is 12.9. The van der Waals surface area contributed by atoms with Crippen LogP contribution < -0.4 is 10.6 Å². The van der Waals surface area contributed by atoms with Crippen molar-refractivity contribution in [2.45, 2.75) is 57.7 Å². The average Bonchev–Trinajstić information content (AvgIpc) is 3.60. The fraction of sp³-hybridized carbons (Fsp3) is 0.464. The van der Waals surface area contributed by atoms with Gasteiger partial charge in [0.2, 0.25) is 5.95 Å². The van der Waals surface area contributed by atoms with E-state index in [1.165, 1.54) is 0 Å². The molecule has 0 unspecified atom stereocenters. The Bertz CT molecular complexity index is 1340. The number of nitrogens with zero attached hydrogens (tertiary/aromatic N) is 6. The molecule has 2 aliphatic heterocycles. The minimum atomic E-state index is -0.538. The van der Waals surface area contributed by atoms with E-state index in [0.717, 1.165) is 49.3 Å². The van der Waals surface area contributed by atoms with Gasteiger partial charge in [-0.25, -0.2) is 14.8 Å². The van der Waals surface area contributed by atoms with Crippen LogP contribution in [-0.2, 0) is 9.47 Å². The highest BCUT2D eigenvalue weighted by molar-refractivity contribution is 5.70. The molecule has 0 spiro atoms. The second-order valence-corrected chi connectivity index (χ2v) is 10.9. The second-order valence-electron chi connectivity index (χ2n) is 10.9. The van der Waals surface area contributed by atoms with Crippen LogP contribution in [-0.4, -0.2) is 68.7 Å². The molecule has 11 heteroatoms. The molecule has 4 heterocycles. The highest BCUT2D eigenvalue weighted by atomic mass is 16.6. The van der Waals surface area contributed by atoms with Gasteiger partial charge in [-0.05, 0) is 58.2 Å². The molecule has 2 aliphatic rings. The first-order chi connectivity index (χ1) is 18.8. The van der Waals surface area contributed by atoms with E-state index in [9.17, 15) is 10.1 Å². The van der Waals surface area contributed by atoms with Gasteiger partial charge in [0.05, 0.1) is 23.5 Å².